The summed E-state index contributed by atoms with van der Waals surface area (Å²) in [5.41, 5.74) is 4.89. The first-order chi connectivity index (χ1) is 11.5. The number of rotatable bonds is 3. The highest BCUT2D eigenvalue weighted by Crippen LogP contribution is 2.29. The molecule has 9 heteroatoms. The molecule has 0 saturated heterocycles. The van der Waals surface area contributed by atoms with Gasteiger partial charge in [-0.25, -0.2) is 18.7 Å². The number of thioether (sulfide) groups is 1. The molecule has 0 aliphatic rings. The SMILES string of the molecule is CSc1ncc2cc(-c3c(F)ccc(N)c3F)c(=N)n(C=N)c2n1. The standard InChI is InChI=1S/C15H12F2N6S/c1-24-15-21-5-7-4-8(13(20)23(6-18)14(7)22-15)11-9(16)2-3-10(19)12(11)17/h2-6,18,20H,19H2,1H3. The maximum atomic E-state index is 14.3. The second-order valence-electron chi connectivity index (χ2n) is 4.87. The van der Waals surface area contributed by atoms with Gasteiger partial charge in [-0.05, 0) is 24.5 Å². The van der Waals surface area contributed by atoms with E-state index in [1.54, 1.807) is 6.26 Å². The van der Waals surface area contributed by atoms with E-state index in [9.17, 15) is 8.78 Å². The average molecular weight is 346 g/mol. The van der Waals surface area contributed by atoms with Gasteiger partial charge in [-0.15, -0.1) is 0 Å². The lowest BCUT2D eigenvalue weighted by Crippen LogP contribution is -2.23. The van der Waals surface area contributed by atoms with Gasteiger partial charge in [-0.2, -0.15) is 0 Å². The highest BCUT2D eigenvalue weighted by atomic mass is 32.2. The Morgan fingerprint density at radius 1 is 1.33 bits per heavy atom. The molecule has 2 aromatic heterocycles. The maximum Gasteiger partial charge on any atom is 0.189 e. The van der Waals surface area contributed by atoms with Crippen molar-refractivity contribution < 1.29 is 8.78 Å². The molecule has 0 aliphatic heterocycles. The van der Waals surface area contributed by atoms with Crippen molar-refractivity contribution in [2.75, 3.05) is 12.0 Å². The number of nitrogens with two attached hydrogens (primary N) is 1. The zero-order chi connectivity index (χ0) is 17.4. The van der Waals surface area contributed by atoms with Crippen molar-refractivity contribution in [3.63, 3.8) is 0 Å². The van der Waals surface area contributed by atoms with Gasteiger partial charge in [0.2, 0.25) is 0 Å². The van der Waals surface area contributed by atoms with Crippen molar-refractivity contribution in [1.29, 1.82) is 10.8 Å². The second kappa shape index (κ2) is 6.00. The molecule has 4 N–H and O–H groups in total. The van der Waals surface area contributed by atoms with Crippen molar-refractivity contribution in [3.05, 3.63) is 41.5 Å². The van der Waals surface area contributed by atoms with Crippen LogP contribution >= 0.6 is 11.8 Å². The lowest BCUT2D eigenvalue weighted by atomic mass is 10.0. The fourth-order valence-corrected chi connectivity index (χ4v) is 2.69. The summed E-state index contributed by atoms with van der Waals surface area (Å²) in [6, 6.07) is 3.58. The minimum Gasteiger partial charge on any atom is -0.396 e. The van der Waals surface area contributed by atoms with Crippen LogP contribution in [0.15, 0.2) is 29.6 Å². The Hall–Kier alpha value is -2.81. The number of nitrogens with zero attached hydrogens (tertiary/aromatic N) is 3. The highest BCUT2D eigenvalue weighted by Gasteiger charge is 2.18. The average Bonchev–Trinajstić information content (AvgIpc) is 2.58. The van der Waals surface area contributed by atoms with Crippen molar-refractivity contribution in [1.82, 2.24) is 14.5 Å². The van der Waals surface area contributed by atoms with Gasteiger partial charge in [0.15, 0.2) is 16.6 Å². The number of hydrogen-bond donors (Lipinski definition) is 3. The van der Waals surface area contributed by atoms with Gasteiger partial charge >= 0.3 is 0 Å². The van der Waals surface area contributed by atoms with Gasteiger partial charge in [0, 0.05) is 17.1 Å². The first-order valence-electron chi connectivity index (χ1n) is 6.73. The smallest absolute Gasteiger partial charge is 0.189 e. The summed E-state index contributed by atoms with van der Waals surface area (Å²) in [5, 5.41) is 16.7. The molecule has 0 aliphatic carbocycles. The Kier molecular flexibility index (Phi) is 4.02. The molecule has 0 spiro atoms. The highest BCUT2D eigenvalue weighted by molar-refractivity contribution is 7.98. The third-order valence-corrected chi connectivity index (χ3v) is 4.06. The molecule has 0 amide bonds. The third kappa shape index (κ3) is 2.42. The Labute approximate surface area is 139 Å². The molecular weight excluding hydrogens is 334 g/mol. The molecule has 0 radical (unpaired) electrons. The van der Waals surface area contributed by atoms with E-state index in [0.29, 0.717) is 16.2 Å². The molecule has 0 bridgehead atoms. The molecule has 3 aromatic rings. The van der Waals surface area contributed by atoms with Gasteiger partial charge in [-0.1, -0.05) is 11.8 Å². The van der Waals surface area contributed by atoms with Crippen molar-refractivity contribution in [2.45, 2.75) is 5.16 Å². The quantitative estimate of drug-likeness (QED) is 0.223. The number of pyridine rings is 1. The monoisotopic (exact) mass is 346 g/mol. The second-order valence-corrected chi connectivity index (χ2v) is 5.64. The summed E-state index contributed by atoms with van der Waals surface area (Å²) < 4.78 is 29.6. The maximum absolute atomic E-state index is 14.3. The molecule has 2 heterocycles. The summed E-state index contributed by atoms with van der Waals surface area (Å²) >= 11 is 1.31. The Morgan fingerprint density at radius 2 is 2.08 bits per heavy atom. The Bertz CT molecular complexity index is 1030. The normalized spacial score (nSPS) is 11.0. The molecule has 122 valence electrons. The summed E-state index contributed by atoms with van der Waals surface area (Å²) in [6.07, 6.45) is 4.15. The van der Waals surface area contributed by atoms with E-state index in [2.05, 4.69) is 9.97 Å². The van der Waals surface area contributed by atoms with Gasteiger partial charge in [-0.3, -0.25) is 15.4 Å². The van der Waals surface area contributed by atoms with Crippen LogP contribution in [0.5, 0.6) is 0 Å². The summed E-state index contributed by atoms with van der Waals surface area (Å²) in [5.74, 6) is -1.78. The molecule has 0 saturated carbocycles. The Morgan fingerprint density at radius 3 is 2.75 bits per heavy atom. The predicted molar refractivity (Wildman–Crippen MR) is 89.1 cm³/mol. The van der Waals surface area contributed by atoms with Gasteiger partial charge in [0.1, 0.15) is 11.3 Å². The largest absolute Gasteiger partial charge is 0.396 e. The number of anilines is 1. The molecule has 3 rings (SSSR count). The number of nitrogens with one attached hydrogen (secondary N) is 2. The lowest BCUT2D eigenvalue weighted by Gasteiger charge is -2.12. The van der Waals surface area contributed by atoms with Crippen LogP contribution in [0.25, 0.3) is 22.2 Å². The van der Waals surface area contributed by atoms with Gasteiger partial charge < -0.3 is 5.73 Å². The molecule has 0 atom stereocenters. The topological polar surface area (TPSA) is 104 Å². The van der Waals surface area contributed by atoms with Crippen LogP contribution in [0.1, 0.15) is 0 Å². The van der Waals surface area contributed by atoms with E-state index in [-0.39, 0.29) is 16.7 Å². The van der Waals surface area contributed by atoms with Crippen molar-refractivity contribution >= 4 is 34.8 Å². The number of halogens is 2. The minimum absolute atomic E-state index is 0.0335. The number of hydrogen-bond acceptors (Lipinski definition) is 6. The first kappa shape index (κ1) is 16.1. The van der Waals surface area contributed by atoms with Crippen LogP contribution in [0.3, 0.4) is 0 Å². The van der Waals surface area contributed by atoms with E-state index < -0.39 is 17.2 Å². The summed E-state index contributed by atoms with van der Waals surface area (Å²) in [4.78, 5) is 8.37. The third-order valence-electron chi connectivity index (χ3n) is 3.50. The van der Waals surface area contributed by atoms with Crippen LogP contribution in [0, 0.1) is 22.5 Å². The lowest BCUT2D eigenvalue weighted by molar-refractivity contribution is 0.592. The Balaban J connectivity index is 2.44. The molecule has 1 aromatic carbocycles. The summed E-state index contributed by atoms with van der Waals surface area (Å²) in [6.45, 7) is 0. The predicted octanol–water partition coefficient (Wildman–Crippen LogP) is 2.62. The van der Waals surface area contributed by atoms with Crippen LogP contribution in [0.4, 0.5) is 14.5 Å². The number of fused-ring (bicyclic) bond motifs is 1. The number of aromatic nitrogens is 3. The molecule has 6 nitrogen and oxygen atoms in total. The zero-order valence-corrected chi connectivity index (χ0v) is 13.3. The van der Waals surface area contributed by atoms with E-state index in [0.717, 1.165) is 23.0 Å². The molecular formula is C15H12F2N6S. The van der Waals surface area contributed by atoms with Crippen molar-refractivity contribution in [3.8, 4) is 11.1 Å². The first-order valence-corrected chi connectivity index (χ1v) is 7.95. The van der Waals surface area contributed by atoms with Gasteiger partial charge in [0.25, 0.3) is 0 Å². The number of nitrogen functional groups attached to an aromatic ring is 1. The van der Waals surface area contributed by atoms with Crippen molar-refractivity contribution in [2.24, 2.45) is 0 Å². The minimum atomic E-state index is -0.943. The van der Waals surface area contributed by atoms with Crippen LogP contribution < -0.4 is 11.2 Å². The summed E-state index contributed by atoms with van der Waals surface area (Å²) in [7, 11) is 0. The molecule has 0 fully saturated rings. The fraction of sp³-hybridized carbons (Fsp3) is 0.0667. The van der Waals surface area contributed by atoms with E-state index in [1.807, 2.05) is 0 Å². The van der Waals surface area contributed by atoms with E-state index in [1.165, 1.54) is 24.0 Å². The molecule has 24 heavy (non-hydrogen) atoms. The van der Waals surface area contributed by atoms with Crippen LogP contribution in [0.2, 0.25) is 0 Å². The number of benzene rings is 1. The molecule has 0 unspecified atom stereocenters. The van der Waals surface area contributed by atoms with Gasteiger partial charge in [0.05, 0.1) is 17.6 Å². The van der Waals surface area contributed by atoms with E-state index in [4.69, 9.17) is 16.6 Å². The fourth-order valence-electron chi connectivity index (χ4n) is 2.35. The van der Waals surface area contributed by atoms with Crippen LogP contribution in [-0.4, -0.2) is 27.1 Å². The van der Waals surface area contributed by atoms with E-state index >= 15 is 0 Å². The zero-order valence-electron chi connectivity index (χ0n) is 12.5. The van der Waals surface area contributed by atoms with Crippen LogP contribution in [-0.2, 0) is 0 Å².